The van der Waals surface area contributed by atoms with Crippen LogP contribution in [0.5, 0.6) is 0 Å². The van der Waals surface area contributed by atoms with Crippen LogP contribution in [0.3, 0.4) is 0 Å². The predicted molar refractivity (Wildman–Crippen MR) is 103 cm³/mol. The summed E-state index contributed by atoms with van der Waals surface area (Å²) in [6, 6.07) is 14.1. The van der Waals surface area contributed by atoms with E-state index in [9.17, 15) is 9.18 Å². The summed E-state index contributed by atoms with van der Waals surface area (Å²) < 4.78 is 13.4. The lowest BCUT2D eigenvalue weighted by Gasteiger charge is -2.11. The molecule has 0 fully saturated rings. The Balaban J connectivity index is 1.81. The quantitative estimate of drug-likeness (QED) is 0.440. The molecule has 25 heavy (non-hydrogen) atoms. The molecule has 0 aliphatic heterocycles. The van der Waals surface area contributed by atoms with Gasteiger partial charge in [0.05, 0.1) is 0 Å². The van der Waals surface area contributed by atoms with Crippen molar-refractivity contribution in [1.82, 2.24) is 10.9 Å². The highest BCUT2D eigenvalue weighted by Crippen LogP contribution is 2.16. The zero-order valence-electron chi connectivity index (χ0n) is 14.0. The van der Waals surface area contributed by atoms with Gasteiger partial charge in [-0.25, -0.2) is 4.39 Å². The van der Waals surface area contributed by atoms with Crippen molar-refractivity contribution in [3.05, 3.63) is 71.6 Å². The molecule has 2 aromatic carbocycles. The molecule has 2 aromatic rings. The van der Waals surface area contributed by atoms with Crippen molar-refractivity contribution < 1.29 is 9.18 Å². The zero-order valence-corrected chi connectivity index (χ0v) is 14.9. The molecule has 0 unspecified atom stereocenters. The summed E-state index contributed by atoms with van der Waals surface area (Å²) in [5, 5.41) is 3.22. The molecule has 0 saturated heterocycles. The maximum Gasteiger partial charge on any atom is 0.262 e. The molecule has 0 aliphatic rings. The number of benzene rings is 2. The molecule has 4 nitrogen and oxygen atoms in total. The second-order valence-corrected chi connectivity index (χ2v) is 6.11. The summed E-state index contributed by atoms with van der Waals surface area (Å²) in [5.74, 6) is -0.372. The Bertz CT molecular complexity index is 772. The molecule has 6 heteroatoms. The number of thiocarbonyl (C=S) groups is 1. The van der Waals surface area contributed by atoms with Crippen molar-refractivity contribution in [1.29, 1.82) is 0 Å². The first-order chi connectivity index (χ1) is 12.0. The minimum atomic E-state index is -0.442. The highest BCUT2D eigenvalue weighted by Gasteiger charge is 2.02. The van der Waals surface area contributed by atoms with Gasteiger partial charge in [0.15, 0.2) is 5.11 Å². The molecular weight excluding hydrogens is 337 g/mol. The minimum Gasteiger partial charge on any atom is -0.331 e. The van der Waals surface area contributed by atoms with Gasteiger partial charge in [0, 0.05) is 17.3 Å². The minimum absolute atomic E-state index is 0.255. The predicted octanol–water partition coefficient (Wildman–Crippen LogP) is 3.98. The summed E-state index contributed by atoms with van der Waals surface area (Å²) in [4.78, 5) is 11.7. The van der Waals surface area contributed by atoms with Crippen LogP contribution in [0, 0.1) is 5.82 Å². The van der Waals surface area contributed by atoms with Crippen LogP contribution in [0.15, 0.2) is 54.6 Å². The Hall–Kier alpha value is -2.73. The fourth-order valence-electron chi connectivity index (χ4n) is 2.05. The Morgan fingerprint density at radius 3 is 2.40 bits per heavy atom. The largest absolute Gasteiger partial charge is 0.331 e. The number of hydrogen-bond donors (Lipinski definition) is 3. The first kappa shape index (κ1) is 18.6. The van der Waals surface area contributed by atoms with Crippen LogP contribution in [-0.4, -0.2) is 11.0 Å². The monoisotopic (exact) mass is 357 g/mol. The van der Waals surface area contributed by atoms with E-state index in [4.69, 9.17) is 12.2 Å². The number of halogens is 1. The van der Waals surface area contributed by atoms with Crippen LogP contribution in [0.2, 0.25) is 0 Å². The number of amides is 1. The molecule has 0 heterocycles. The number of hydrogen-bond acceptors (Lipinski definition) is 2. The zero-order chi connectivity index (χ0) is 18.2. The van der Waals surface area contributed by atoms with E-state index < -0.39 is 5.91 Å². The van der Waals surface area contributed by atoms with Crippen LogP contribution >= 0.6 is 12.2 Å². The van der Waals surface area contributed by atoms with E-state index >= 15 is 0 Å². The van der Waals surface area contributed by atoms with Gasteiger partial charge in [-0.15, -0.1) is 0 Å². The third-order valence-corrected chi connectivity index (χ3v) is 3.66. The maximum atomic E-state index is 13.4. The molecule has 0 spiro atoms. The third-order valence-electron chi connectivity index (χ3n) is 3.45. The fraction of sp³-hybridized carbons (Fsp3) is 0.158. The number of carbonyl (C=O) groups is 1. The standard InChI is InChI=1S/C19H20FN3OS/c1-13(2)14-7-10-16(11-8-14)21-19(25)23-22-18(24)12-9-15-5-3-4-6-17(15)20/h3-13H,1-2H3,(H,22,24)(H2,21,23,25)/b12-9+. The average molecular weight is 357 g/mol. The SMILES string of the molecule is CC(C)c1ccc(NC(=S)NNC(=O)/C=C/c2ccccc2F)cc1. The van der Waals surface area contributed by atoms with E-state index in [0.29, 0.717) is 11.5 Å². The van der Waals surface area contributed by atoms with E-state index in [-0.39, 0.29) is 10.9 Å². The average Bonchev–Trinajstić information content (AvgIpc) is 2.59. The Labute approximate surface area is 152 Å². The van der Waals surface area contributed by atoms with Crippen LogP contribution < -0.4 is 16.2 Å². The van der Waals surface area contributed by atoms with Crippen LogP contribution in [0.4, 0.5) is 10.1 Å². The molecule has 1 amide bonds. The lowest BCUT2D eigenvalue weighted by Crippen LogP contribution is -2.43. The molecule has 2 rings (SSSR count). The van der Waals surface area contributed by atoms with Gasteiger partial charge in [-0.05, 0) is 48.0 Å². The van der Waals surface area contributed by atoms with Gasteiger partial charge in [0.25, 0.3) is 5.91 Å². The van der Waals surface area contributed by atoms with Gasteiger partial charge in [0.1, 0.15) is 5.82 Å². The number of hydrazine groups is 1. The third kappa shape index (κ3) is 6.00. The van der Waals surface area contributed by atoms with Crippen molar-refractivity contribution in [2.24, 2.45) is 0 Å². The van der Waals surface area contributed by atoms with E-state index in [0.717, 1.165) is 5.69 Å². The number of anilines is 1. The molecule has 0 radical (unpaired) electrons. The summed E-state index contributed by atoms with van der Waals surface area (Å²) in [6.45, 7) is 4.25. The van der Waals surface area contributed by atoms with E-state index in [1.54, 1.807) is 18.2 Å². The van der Waals surface area contributed by atoms with Gasteiger partial charge >= 0.3 is 0 Å². The first-order valence-corrected chi connectivity index (χ1v) is 8.26. The number of carbonyl (C=O) groups excluding carboxylic acids is 1. The van der Waals surface area contributed by atoms with Gasteiger partial charge in [-0.1, -0.05) is 44.2 Å². The van der Waals surface area contributed by atoms with Crippen molar-refractivity contribution in [3.8, 4) is 0 Å². The summed E-state index contributed by atoms with van der Waals surface area (Å²) in [6.07, 6.45) is 2.62. The van der Waals surface area contributed by atoms with Crippen molar-refractivity contribution >= 4 is 35.0 Å². The van der Waals surface area contributed by atoms with E-state index in [1.165, 1.54) is 23.8 Å². The Morgan fingerprint density at radius 1 is 1.08 bits per heavy atom. The highest BCUT2D eigenvalue weighted by molar-refractivity contribution is 7.80. The molecule has 3 N–H and O–H groups in total. The number of rotatable bonds is 4. The summed E-state index contributed by atoms with van der Waals surface area (Å²) in [5.41, 5.74) is 7.40. The van der Waals surface area contributed by atoms with Crippen molar-refractivity contribution in [3.63, 3.8) is 0 Å². The molecule has 0 aliphatic carbocycles. The highest BCUT2D eigenvalue weighted by atomic mass is 32.1. The first-order valence-electron chi connectivity index (χ1n) is 7.85. The van der Waals surface area contributed by atoms with Crippen molar-refractivity contribution in [2.45, 2.75) is 19.8 Å². The molecule has 0 saturated carbocycles. The topological polar surface area (TPSA) is 53.2 Å². The second kappa shape index (κ2) is 8.94. The van der Waals surface area contributed by atoms with Gasteiger partial charge in [0.2, 0.25) is 0 Å². The van der Waals surface area contributed by atoms with Gasteiger partial charge in [-0.2, -0.15) is 0 Å². The van der Waals surface area contributed by atoms with Gasteiger partial charge < -0.3 is 5.32 Å². The van der Waals surface area contributed by atoms with E-state index in [1.807, 2.05) is 24.3 Å². The van der Waals surface area contributed by atoms with Crippen LogP contribution in [-0.2, 0) is 4.79 Å². The fourth-order valence-corrected chi connectivity index (χ4v) is 2.22. The second-order valence-electron chi connectivity index (χ2n) is 5.70. The molecule has 0 atom stereocenters. The Kier molecular flexibility index (Phi) is 6.65. The lowest BCUT2D eigenvalue weighted by atomic mass is 10.0. The molecule has 0 bridgehead atoms. The summed E-state index contributed by atoms with van der Waals surface area (Å²) in [7, 11) is 0. The number of nitrogens with one attached hydrogen (secondary N) is 3. The normalized spacial score (nSPS) is 10.7. The summed E-state index contributed by atoms with van der Waals surface area (Å²) >= 11 is 5.12. The molecule has 0 aromatic heterocycles. The van der Waals surface area contributed by atoms with E-state index in [2.05, 4.69) is 30.0 Å². The van der Waals surface area contributed by atoms with Crippen LogP contribution in [0.25, 0.3) is 6.08 Å². The smallest absolute Gasteiger partial charge is 0.262 e. The van der Waals surface area contributed by atoms with Crippen molar-refractivity contribution in [2.75, 3.05) is 5.32 Å². The van der Waals surface area contributed by atoms with Crippen LogP contribution in [0.1, 0.15) is 30.9 Å². The lowest BCUT2D eigenvalue weighted by molar-refractivity contribution is -0.116. The maximum absolute atomic E-state index is 13.4. The molecular formula is C19H20FN3OS. The molecule has 130 valence electrons. The van der Waals surface area contributed by atoms with Gasteiger partial charge in [-0.3, -0.25) is 15.6 Å². The Morgan fingerprint density at radius 2 is 1.76 bits per heavy atom.